The number of non-ortho nitro benzene ring substituents is 1. The normalized spacial score (nSPS) is 13.4. The number of nitro benzene ring substituents is 1. The maximum absolute atomic E-state index is 10.4. The van der Waals surface area contributed by atoms with E-state index in [0.29, 0.717) is 5.56 Å². The summed E-state index contributed by atoms with van der Waals surface area (Å²) in [7, 11) is 0. The number of aliphatic hydroxyl groups excluding tert-OH is 1. The fourth-order valence-electron chi connectivity index (χ4n) is 1.39. The van der Waals surface area contributed by atoms with E-state index in [1.807, 2.05) is 6.92 Å². The van der Waals surface area contributed by atoms with Crippen LogP contribution in [0.4, 0.5) is 5.69 Å². The van der Waals surface area contributed by atoms with E-state index < -0.39 is 11.0 Å². The average molecular weight is 219 g/mol. The maximum Gasteiger partial charge on any atom is 0.269 e. The molecule has 1 aromatic rings. The lowest BCUT2D eigenvalue weighted by Crippen LogP contribution is -2.07. The van der Waals surface area contributed by atoms with Crippen molar-refractivity contribution in [2.75, 3.05) is 0 Å². The molecule has 2 atom stereocenters. The van der Waals surface area contributed by atoms with Gasteiger partial charge in [-0.05, 0) is 31.5 Å². The van der Waals surface area contributed by atoms with E-state index in [-0.39, 0.29) is 11.6 Å². The van der Waals surface area contributed by atoms with E-state index >= 15 is 0 Å². The van der Waals surface area contributed by atoms with Gasteiger partial charge in [0, 0.05) is 18.1 Å². The van der Waals surface area contributed by atoms with Crippen LogP contribution in [0.2, 0.25) is 0 Å². The van der Waals surface area contributed by atoms with Crippen LogP contribution in [0.25, 0.3) is 0 Å². The van der Waals surface area contributed by atoms with Crippen molar-refractivity contribution in [1.29, 1.82) is 0 Å². The molecular weight excluding hydrogens is 206 g/mol. The molecule has 1 aromatic carbocycles. The minimum atomic E-state index is -0.715. The Morgan fingerprint density at radius 3 is 2.38 bits per heavy atom. The predicted molar refractivity (Wildman–Crippen MR) is 60.7 cm³/mol. The zero-order valence-electron chi connectivity index (χ0n) is 9.18. The minimum absolute atomic E-state index is 0.0187. The van der Waals surface area contributed by atoms with Crippen molar-refractivity contribution in [2.24, 2.45) is 5.92 Å². The van der Waals surface area contributed by atoms with Gasteiger partial charge >= 0.3 is 0 Å². The second kappa shape index (κ2) is 5.29. The number of benzene rings is 1. The summed E-state index contributed by atoms with van der Waals surface area (Å²) < 4.78 is 0. The highest BCUT2D eigenvalue weighted by atomic mass is 16.6. The van der Waals surface area contributed by atoms with Gasteiger partial charge in [0.15, 0.2) is 0 Å². The Labute approximate surface area is 94.1 Å². The molecular formula is C12H13NO3. The molecule has 0 fully saturated rings. The quantitative estimate of drug-likeness (QED) is 0.482. The monoisotopic (exact) mass is 219 g/mol. The fraction of sp³-hybridized carbons (Fsp3) is 0.333. The Morgan fingerprint density at radius 1 is 1.38 bits per heavy atom. The van der Waals surface area contributed by atoms with Crippen molar-refractivity contribution in [1.82, 2.24) is 0 Å². The summed E-state index contributed by atoms with van der Waals surface area (Å²) in [6.07, 6.45) is -0.715. The lowest BCUT2D eigenvalue weighted by Gasteiger charge is -2.13. The van der Waals surface area contributed by atoms with Gasteiger partial charge in [0.2, 0.25) is 0 Å². The molecule has 0 aromatic heterocycles. The van der Waals surface area contributed by atoms with E-state index in [1.165, 1.54) is 12.1 Å². The van der Waals surface area contributed by atoms with Crippen LogP contribution in [0, 0.1) is 27.9 Å². The minimum Gasteiger partial charge on any atom is -0.387 e. The maximum atomic E-state index is 10.4. The van der Waals surface area contributed by atoms with Gasteiger partial charge in [-0.1, -0.05) is 5.92 Å². The summed E-state index contributed by atoms with van der Waals surface area (Å²) in [4.78, 5) is 9.97. The van der Waals surface area contributed by atoms with Gasteiger partial charge in [-0.25, -0.2) is 0 Å². The van der Waals surface area contributed by atoms with Crippen LogP contribution < -0.4 is 0 Å². The van der Waals surface area contributed by atoms with Crippen molar-refractivity contribution >= 4 is 5.69 Å². The molecule has 1 rings (SSSR count). The molecule has 0 radical (unpaired) electrons. The average Bonchev–Trinajstić information content (AvgIpc) is 2.28. The summed E-state index contributed by atoms with van der Waals surface area (Å²) in [6, 6.07) is 5.86. The third-order valence-electron chi connectivity index (χ3n) is 2.29. The van der Waals surface area contributed by atoms with Gasteiger partial charge in [-0.2, -0.15) is 0 Å². The molecule has 0 aliphatic heterocycles. The first kappa shape index (κ1) is 12.2. The Balaban J connectivity index is 2.88. The van der Waals surface area contributed by atoms with E-state index in [9.17, 15) is 15.2 Å². The van der Waals surface area contributed by atoms with Gasteiger partial charge in [-0.3, -0.25) is 10.1 Å². The molecule has 4 heteroatoms. The molecule has 0 aliphatic rings. The summed E-state index contributed by atoms with van der Waals surface area (Å²) in [5.74, 6) is 5.39. The third-order valence-corrected chi connectivity index (χ3v) is 2.29. The van der Waals surface area contributed by atoms with E-state index in [0.717, 1.165) is 0 Å². The summed E-state index contributed by atoms with van der Waals surface area (Å²) in [5, 5.41) is 20.3. The Kier molecular flexibility index (Phi) is 4.03. The van der Waals surface area contributed by atoms with Crippen LogP contribution >= 0.6 is 0 Å². The van der Waals surface area contributed by atoms with Crippen molar-refractivity contribution in [3.8, 4) is 11.8 Å². The number of nitrogens with zero attached hydrogens (tertiary/aromatic N) is 1. The van der Waals surface area contributed by atoms with Gasteiger partial charge < -0.3 is 5.11 Å². The van der Waals surface area contributed by atoms with Crippen molar-refractivity contribution in [2.45, 2.75) is 20.0 Å². The highest BCUT2D eigenvalue weighted by molar-refractivity contribution is 5.34. The smallest absolute Gasteiger partial charge is 0.269 e. The predicted octanol–water partition coefficient (Wildman–Crippen LogP) is 2.29. The van der Waals surface area contributed by atoms with Crippen LogP contribution in [0.1, 0.15) is 25.5 Å². The summed E-state index contributed by atoms with van der Waals surface area (Å²) in [5.41, 5.74) is 0.658. The van der Waals surface area contributed by atoms with Gasteiger partial charge in [0.25, 0.3) is 5.69 Å². The zero-order chi connectivity index (χ0) is 12.1. The van der Waals surface area contributed by atoms with E-state index in [4.69, 9.17) is 0 Å². The van der Waals surface area contributed by atoms with Crippen LogP contribution in [-0.4, -0.2) is 10.0 Å². The molecule has 0 amide bonds. The molecule has 0 saturated carbocycles. The second-order valence-corrected chi connectivity index (χ2v) is 3.48. The van der Waals surface area contributed by atoms with Crippen LogP contribution in [0.15, 0.2) is 24.3 Å². The molecule has 0 unspecified atom stereocenters. The first-order chi connectivity index (χ1) is 7.56. The highest BCUT2D eigenvalue weighted by Gasteiger charge is 2.15. The van der Waals surface area contributed by atoms with Crippen molar-refractivity contribution in [3.05, 3.63) is 39.9 Å². The Hall–Kier alpha value is -1.86. The number of rotatable bonds is 3. The molecule has 0 heterocycles. The first-order valence-corrected chi connectivity index (χ1v) is 4.91. The Bertz CT molecular complexity index is 428. The highest BCUT2D eigenvalue weighted by Crippen LogP contribution is 2.23. The molecule has 4 nitrogen and oxygen atoms in total. The number of nitro groups is 1. The molecule has 0 aliphatic carbocycles. The molecule has 16 heavy (non-hydrogen) atoms. The second-order valence-electron chi connectivity index (χ2n) is 3.48. The third kappa shape index (κ3) is 2.81. The van der Waals surface area contributed by atoms with Gasteiger partial charge in [-0.15, -0.1) is 5.92 Å². The molecule has 1 N–H and O–H groups in total. The van der Waals surface area contributed by atoms with Gasteiger partial charge in [0.05, 0.1) is 11.0 Å². The van der Waals surface area contributed by atoms with Crippen molar-refractivity contribution < 1.29 is 10.0 Å². The topological polar surface area (TPSA) is 63.4 Å². The molecule has 0 bridgehead atoms. The zero-order valence-corrected chi connectivity index (χ0v) is 9.18. The SMILES string of the molecule is CC#C[C@@H](C)[C@@H](O)c1ccc([N+](=O)[O-])cc1. The van der Waals surface area contributed by atoms with Gasteiger partial charge in [0.1, 0.15) is 0 Å². The first-order valence-electron chi connectivity index (χ1n) is 4.91. The molecule has 84 valence electrons. The number of hydrogen-bond donors (Lipinski definition) is 1. The lowest BCUT2D eigenvalue weighted by molar-refractivity contribution is -0.384. The number of hydrogen-bond acceptors (Lipinski definition) is 3. The molecule has 0 spiro atoms. The Morgan fingerprint density at radius 2 is 1.94 bits per heavy atom. The van der Waals surface area contributed by atoms with E-state index in [1.54, 1.807) is 19.1 Å². The molecule has 0 saturated heterocycles. The summed E-state index contributed by atoms with van der Waals surface area (Å²) >= 11 is 0. The van der Waals surface area contributed by atoms with E-state index in [2.05, 4.69) is 11.8 Å². The fourth-order valence-corrected chi connectivity index (χ4v) is 1.39. The van der Waals surface area contributed by atoms with Crippen molar-refractivity contribution in [3.63, 3.8) is 0 Å². The lowest BCUT2D eigenvalue weighted by atomic mass is 9.98. The van der Waals surface area contributed by atoms with Crippen LogP contribution in [-0.2, 0) is 0 Å². The summed E-state index contributed by atoms with van der Waals surface area (Å²) in [6.45, 7) is 3.52. The largest absolute Gasteiger partial charge is 0.387 e. The van der Waals surface area contributed by atoms with Crippen LogP contribution in [0.3, 0.4) is 0 Å². The number of aliphatic hydroxyl groups is 1. The standard InChI is InChI=1S/C12H13NO3/c1-3-4-9(2)12(14)10-5-7-11(8-6-10)13(15)16/h5-9,12,14H,1-2H3/t9-,12-/m1/s1. The van der Waals surface area contributed by atoms with Crippen LogP contribution in [0.5, 0.6) is 0 Å².